The fourth-order valence-corrected chi connectivity index (χ4v) is 4.66. The average Bonchev–Trinajstić information content (AvgIpc) is 3.06. The maximum atomic E-state index is 12.2. The molecule has 0 bridgehead atoms. The Morgan fingerprint density at radius 3 is 2.57 bits per heavy atom. The highest BCUT2D eigenvalue weighted by molar-refractivity contribution is 7.88. The molecule has 0 aromatic carbocycles. The van der Waals surface area contributed by atoms with E-state index in [0.717, 1.165) is 24.2 Å². The Bertz CT molecular complexity index is 1360. The van der Waals surface area contributed by atoms with Gasteiger partial charge >= 0.3 is 0 Å². The third-order valence-corrected chi connectivity index (χ3v) is 6.21. The molecule has 10 nitrogen and oxygen atoms in total. The summed E-state index contributed by atoms with van der Waals surface area (Å²) in [6.45, 7) is 5.49. The van der Waals surface area contributed by atoms with Crippen molar-refractivity contribution < 1.29 is 21.9 Å². The number of nitrogens with one attached hydrogen (secondary N) is 1. The molecule has 1 aliphatic carbocycles. The van der Waals surface area contributed by atoms with Gasteiger partial charge in [0.15, 0.2) is 5.82 Å². The molecule has 4 aromatic rings. The summed E-state index contributed by atoms with van der Waals surface area (Å²) in [5.74, 6) is 1.37. The van der Waals surface area contributed by atoms with Crippen molar-refractivity contribution in [2.45, 2.75) is 45.4 Å². The predicted octanol–water partition coefficient (Wildman–Crippen LogP) is 3.04. The third kappa shape index (κ3) is 3.50. The minimum Gasteiger partial charge on any atom is -0.466 e. The van der Waals surface area contributed by atoms with Crippen LogP contribution in [0.4, 0.5) is 0 Å². The minimum atomic E-state index is -3.52. The van der Waals surface area contributed by atoms with Crippen molar-refractivity contribution in [3.05, 3.63) is 35.2 Å². The second kappa shape index (κ2) is 6.74. The first-order valence-electron chi connectivity index (χ1n) is 9.46. The summed E-state index contributed by atoms with van der Waals surface area (Å²) >= 11 is 0. The molecule has 4 heterocycles. The largest absolute Gasteiger partial charge is 0.466 e. The summed E-state index contributed by atoms with van der Waals surface area (Å²) in [5, 5.41) is 8.48. The van der Waals surface area contributed by atoms with Crippen molar-refractivity contribution in [3.8, 4) is 22.7 Å². The van der Waals surface area contributed by atoms with Crippen LogP contribution in [0.1, 0.15) is 35.9 Å². The second-order valence-corrected chi connectivity index (χ2v) is 9.25. The van der Waals surface area contributed by atoms with E-state index in [1.54, 1.807) is 13.0 Å². The van der Waals surface area contributed by atoms with Gasteiger partial charge in [-0.05, 0) is 45.7 Å². The fourth-order valence-electron chi connectivity index (χ4n) is 3.38. The molecule has 0 unspecified atom stereocenters. The van der Waals surface area contributed by atoms with Gasteiger partial charge in [0.25, 0.3) is 11.6 Å². The van der Waals surface area contributed by atoms with Crippen molar-refractivity contribution >= 4 is 21.1 Å². The number of pyridine rings is 1. The molecular formula is C19H19N5O5S. The summed E-state index contributed by atoms with van der Waals surface area (Å²) in [6, 6.07) is 3.69. The lowest BCUT2D eigenvalue weighted by Gasteiger charge is -2.03. The highest BCUT2D eigenvalue weighted by Crippen LogP contribution is 2.35. The molecule has 156 valence electrons. The van der Waals surface area contributed by atoms with Gasteiger partial charge in [0.1, 0.15) is 17.3 Å². The van der Waals surface area contributed by atoms with Crippen molar-refractivity contribution in [1.82, 2.24) is 25.0 Å². The number of hydrogen-bond donors (Lipinski definition) is 1. The van der Waals surface area contributed by atoms with Crippen molar-refractivity contribution in [2.75, 3.05) is 0 Å². The third-order valence-electron chi connectivity index (χ3n) is 4.88. The molecule has 5 rings (SSSR count). The molecular weight excluding hydrogens is 410 g/mol. The van der Waals surface area contributed by atoms with E-state index < -0.39 is 10.0 Å². The van der Waals surface area contributed by atoms with Crippen LogP contribution in [0, 0.1) is 20.8 Å². The van der Waals surface area contributed by atoms with E-state index in [0.29, 0.717) is 33.8 Å². The molecule has 1 fully saturated rings. The van der Waals surface area contributed by atoms with Crippen molar-refractivity contribution in [2.24, 2.45) is 0 Å². The van der Waals surface area contributed by atoms with E-state index in [4.69, 9.17) is 13.5 Å². The van der Waals surface area contributed by atoms with Gasteiger partial charge in [-0.15, -0.1) is 0 Å². The summed E-state index contributed by atoms with van der Waals surface area (Å²) in [5.41, 5.74) is 2.91. The monoisotopic (exact) mass is 429 g/mol. The molecule has 0 aliphatic heterocycles. The second-order valence-electron chi connectivity index (χ2n) is 7.50. The molecule has 1 N–H and O–H groups in total. The molecule has 0 amide bonds. The van der Waals surface area contributed by atoms with Gasteiger partial charge in [-0.25, -0.2) is 18.1 Å². The average molecular weight is 429 g/mol. The maximum Gasteiger partial charge on any atom is 0.259 e. The highest BCUT2D eigenvalue weighted by atomic mass is 32.2. The first-order chi connectivity index (χ1) is 14.3. The minimum absolute atomic E-state index is 0.0186. The zero-order valence-corrected chi connectivity index (χ0v) is 17.4. The summed E-state index contributed by atoms with van der Waals surface area (Å²) in [4.78, 5) is 8.86. The Morgan fingerprint density at radius 2 is 1.87 bits per heavy atom. The van der Waals surface area contributed by atoms with E-state index in [9.17, 15) is 8.42 Å². The quantitative estimate of drug-likeness (QED) is 0.490. The van der Waals surface area contributed by atoms with Gasteiger partial charge < -0.3 is 13.5 Å². The van der Waals surface area contributed by atoms with E-state index in [1.807, 2.05) is 19.9 Å². The predicted molar refractivity (Wildman–Crippen MR) is 106 cm³/mol. The van der Waals surface area contributed by atoms with Gasteiger partial charge in [0.2, 0.25) is 10.0 Å². The first-order valence-corrected chi connectivity index (χ1v) is 11.1. The fraction of sp³-hybridized carbons (Fsp3) is 0.368. The number of rotatable bonds is 6. The van der Waals surface area contributed by atoms with Crippen LogP contribution in [0.25, 0.3) is 33.8 Å². The molecule has 0 atom stereocenters. The number of furan rings is 1. The van der Waals surface area contributed by atoms with Gasteiger partial charge in [-0.1, -0.05) is 10.3 Å². The zero-order valence-electron chi connectivity index (χ0n) is 16.6. The molecule has 0 spiro atoms. The molecule has 4 aromatic heterocycles. The van der Waals surface area contributed by atoms with Crippen LogP contribution in [-0.4, -0.2) is 34.7 Å². The van der Waals surface area contributed by atoms with Crippen LogP contribution in [0.3, 0.4) is 0 Å². The lowest BCUT2D eigenvalue weighted by atomic mass is 10.1. The summed E-state index contributed by atoms with van der Waals surface area (Å²) in [6.07, 6.45) is 1.71. The Morgan fingerprint density at radius 1 is 1.07 bits per heavy atom. The summed E-state index contributed by atoms with van der Waals surface area (Å²) < 4.78 is 43.4. The summed E-state index contributed by atoms with van der Waals surface area (Å²) in [7, 11) is -3.52. The number of sulfonamides is 1. The molecule has 0 radical (unpaired) electrons. The number of aromatic nitrogens is 4. The molecule has 1 saturated carbocycles. The molecule has 11 heteroatoms. The molecule has 30 heavy (non-hydrogen) atoms. The van der Waals surface area contributed by atoms with E-state index in [-0.39, 0.29) is 23.5 Å². The number of nitrogens with zero attached hydrogens (tertiary/aromatic N) is 4. The van der Waals surface area contributed by atoms with Gasteiger partial charge in [0, 0.05) is 11.6 Å². The van der Waals surface area contributed by atoms with Crippen molar-refractivity contribution in [3.63, 3.8) is 0 Å². The van der Waals surface area contributed by atoms with Gasteiger partial charge in [-0.2, -0.15) is 4.98 Å². The lowest BCUT2D eigenvalue weighted by molar-refractivity contribution is 0.424. The number of hydrogen-bond acceptors (Lipinski definition) is 9. The Hall–Kier alpha value is -3.05. The molecule has 1 aliphatic rings. The Kier molecular flexibility index (Phi) is 4.26. The van der Waals surface area contributed by atoms with Crippen LogP contribution < -0.4 is 4.72 Å². The number of fused-ring (bicyclic) bond motifs is 1. The van der Waals surface area contributed by atoms with Gasteiger partial charge in [0.05, 0.1) is 22.3 Å². The van der Waals surface area contributed by atoms with Crippen LogP contribution in [0.5, 0.6) is 0 Å². The van der Waals surface area contributed by atoms with E-state index >= 15 is 0 Å². The van der Waals surface area contributed by atoms with Crippen molar-refractivity contribution in [1.29, 1.82) is 0 Å². The van der Waals surface area contributed by atoms with E-state index in [1.165, 1.54) is 0 Å². The standard InChI is InChI=1S/C19H19N5O5S/c1-9-6-13(11(3)27-9)15-7-14(17-10(2)22-29-19(17)20-15)18-21-16(23-28-18)8-30(25,26)24-12-4-5-12/h6-7,12,24H,4-5,8H2,1-3H3. The smallest absolute Gasteiger partial charge is 0.259 e. The maximum absolute atomic E-state index is 12.2. The lowest BCUT2D eigenvalue weighted by Crippen LogP contribution is -2.27. The van der Waals surface area contributed by atoms with Crippen LogP contribution in [0.2, 0.25) is 0 Å². The normalized spacial score (nSPS) is 14.6. The van der Waals surface area contributed by atoms with E-state index in [2.05, 4.69) is 25.0 Å². The SMILES string of the molecule is Cc1cc(-c2cc(-c3nc(CS(=O)(=O)NC4CC4)no3)c3c(C)noc3n2)c(C)o1. The Labute approximate surface area is 171 Å². The van der Waals surface area contributed by atoms with Crippen LogP contribution in [-0.2, 0) is 15.8 Å². The number of aryl methyl sites for hydroxylation is 3. The van der Waals surface area contributed by atoms with Crippen LogP contribution >= 0.6 is 0 Å². The topological polar surface area (TPSA) is 137 Å². The first kappa shape index (κ1) is 18.9. The highest BCUT2D eigenvalue weighted by Gasteiger charge is 2.28. The zero-order chi connectivity index (χ0) is 21.0. The molecule has 0 saturated heterocycles. The van der Waals surface area contributed by atoms with Gasteiger partial charge in [-0.3, -0.25) is 0 Å². The van der Waals surface area contributed by atoms with Crippen LogP contribution in [0.15, 0.2) is 25.6 Å². The Balaban J connectivity index is 1.57.